The summed E-state index contributed by atoms with van der Waals surface area (Å²) in [6.45, 7) is 3.88. The largest absolute Gasteiger partial charge is 0.366 e. The molecule has 0 bridgehead atoms. The first-order chi connectivity index (χ1) is 10.6. The van der Waals surface area contributed by atoms with E-state index in [9.17, 15) is 4.79 Å². The summed E-state index contributed by atoms with van der Waals surface area (Å²) in [5, 5.41) is 11.0. The zero-order chi connectivity index (χ0) is 15.5. The van der Waals surface area contributed by atoms with Gasteiger partial charge in [0.25, 0.3) is 5.91 Å². The van der Waals surface area contributed by atoms with Crippen molar-refractivity contribution in [1.29, 1.82) is 0 Å². The standard InChI is InChI=1S/C15H20N6O/c1-11-4-3-8-20(9-7-11)14(22)12-5-2-6-13(10-12)21-15(16)17-18-19-21/h2,5-6,10-11H,3-4,7-9H2,1H3,(H2,16,17,19). The average molecular weight is 300 g/mol. The number of aromatic nitrogens is 4. The van der Waals surface area contributed by atoms with Gasteiger partial charge in [-0.1, -0.05) is 18.1 Å². The van der Waals surface area contributed by atoms with Gasteiger partial charge < -0.3 is 10.6 Å². The number of tetrazole rings is 1. The number of nitrogen functional groups attached to an aromatic ring is 1. The molecule has 1 unspecified atom stereocenters. The number of amides is 1. The van der Waals surface area contributed by atoms with Crippen molar-refractivity contribution in [3.63, 3.8) is 0 Å². The van der Waals surface area contributed by atoms with Crippen molar-refractivity contribution in [2.45, 2.75) is 26.2 Å². The molecule has 2 N–H and O–H groups in total. The van der Waals surface area contributed by atoms with Gasteiger partial charge >= 0.3 is 0 Å². The first-order valence-corrected chi connectivity index (χ1v) is 7.58. The van der Waals surface area contributed by atoms with E-state index < -0.39 is 0 Å². The van der Waals surface area contributed by atoms with Crippen molar-refractivity contribution in [2.24, 2.45) is 5.92 Å². The Morgan fingerprint density at radius 2 is 2.18 bits per heavy atom. The Hall–Kier alpha value is -2.44. The molecule has 7 heteroatoms. The van der Waals surface area contributed by atoms with Crippen LogP contribution in [0.2, 0.25) is 0 Å². The lowest BCUT2D eigenvalue weighted by atomic mass is 10.0. The van der Waals surface area contributed by atoms with E-state index in [2.05, 4.69) is 22.4 Å². The lowest BCUT2D eigenvalue weighted by Crippen LogP contribution is -2.32. The summed E-state index contributed by atoms with van der Waals surface area (Å²) in [7, 11) is 0. The maximum Gasteiger partial charge on any atom is 0.253 e. The summed E-state index contributed by atoms with van der Waals surface area (Å²) in [5.74, 6) is 0.945. The van der Waals surface area contributed by atoms with Crippen LogP contribution in [0.15, 0.2) is 24.3 Å². The highest BCUT2D eigenvalue weighted by Gasteiger charge is 2.20. The van der Waals surface area contributed by atoms with Gasteiger partial charge in [-0.3, -0.25) is 4.79 Å². The fourth-order valence-corrected chi connectivity index (χ4v) is 2.80. The molecule has 1 aromatic carbocycles. The van der Waals surface area contributed by atoms with Gasteiger partial charge in [-0.25, -0.2) is 0 Å². The van der Waals surface area contributed by atoms with E-state index in [0.29, 0.717) is 17.2 Å². The molecule has 1 fully saturated rings. The molecule has 116 valence electrons. The summed E-state index contributed by atoms with van der Waals surface area (Å²) in [5.41, 5.74) is 7.04. The molecule has 1 atom stereocenters. The van der Waals surface area contributed by atoms with Crippen LogP contribution in [0.5, 0.6) is 0 Å². The maximum atomic E-state index is 12.7. The molecule has 1 aliphatic heterocycles. The molecule has 2 aromatic rings. The van der Waals surface area contributed by atoms with Crippen molar-refractivity contribution in [2.75, 3.05) is 18.8 Å². The fourth-order valence-electron chi connectivity index (χ4n) is 2.80. The normalized spacial score (nSPS) is 19.0. The maximum absolute atomic E-state index is 12.7. The molecule has 3 rings (SSSR count). The molecule has 0 radical (unpaired) electrons. The Morgan fingerprint density at radius 3 is 2.95 bits per heavy atom. The number of nitrogens with zero attached hydrogens (tertiary/aromatic N) is 5. The van der Waals surface area contributed by atoms with E-state index in [1.54, 1.807) is 6.07 Å². The first kappa shape index (κ1) is 14.5. The molecule has 1 aliphatic rings. The highest BCUT2D eigenvalue weighted by Crippen LogP contribution is 2.19. The zero-order valence-electron chi connectivity index (χ0n) is 12.6. The van der Waals surface area contributed by atoms with Gasteiger partial charge in [-0.15, -0.1) is 0 Å². The van der Waals surface area contributed by atoms with Gasteiger partial charge in [-0.05, 0) is 53.8 Å². The van der Waals surface area contributed by atoms with Crippen molar-refractivity contribution in [3.05, 3.63) is 29.8 Å². The van der Waals surface area contributed by atoms with Crippen LogP contribution in [0.3, 0.4) is 0 Å². The van der Waals surface area contributed by atoms with E-state index in [4.69, 9.17) is 5.73 Å². The van der Waals surface area contributed by atoms with E-state index in [1.807, 2.05) is 23.1 Å². The predicted octanol–water partition coefficient (Wildman–Crippen LogP) is 1.51. The van der Waals surface area contributed by atoms with Crippen molar-refractivity contribution in [3.8, 4) is 5.69 Å². The monoisotopic (exact) mass is 300 g/mol. The Bertz CT molecular complexity index is 668. The lowest BCUT2D eigenvalue weighted by molar-refractivity contribution is 0.0760. The smallest absolute Gasteiger partial charge is 0.253 e. The molecule has 1 amide bonds. The van der Waals surface area contributed by atoms with Crippen LogP contribution in [0.1, 0.15) is 36.5 Å². The quantitative estimate of drug-likeness (QED) is 0.908. The summed E-state index contributed by atoms with van der Waals surface area (Å²) in [4.78, 5) is 14.6. The first-order valence-electron chi connectivity index (χ1n) is 7.58. The predicted molar refractivity (Wildman–Crippen MR) is 82.5 cm³/mol. The van der Waals surface area contributed by atoms with E-state index in [0.717, 1.165) is 25.9 Å². The van der Waals surface area contributed by atoms with Crippen molar-refractivity contribution in [1.82, 2.24) is 25.1 Å². The van der Waals surface area contributed by atoms with Crippen LogP contribution in [-0.2, 0) is 0 Å². The fraction of sp³-hybridized carbons (Fsp3) is 0.467. The topological polar surface area (TPSA) is 89.9 Å². The van der Waals surface area contributed by atoms with Gasteiger partial charge in [0.05, 0.1) is 5.69 Å². The summed E-state index contributed by atoms with van der Waals surface area (Å²) >= 11 is 0. The molecule has 1 aromatic heterocycles. The van der Waals surface area contributed by atoms with Crippen molar-refractivity contribution >= 4 is 11.9 Å². The minimum absolute atomic E-state index is 0.0580. The number of carbonyl (C=O) groups is 1. The molecule has 1 saturated heterocycles. The van der Waals surface area contributed by atoms with E-state index in [-0.39, 0.29) is 11.9 Å². The number of hydrogen-bond acceptors (Lipinski definition) is 5. The Morgan fingerprint density at radius 1 is 1.32 bits per heavy atom. The van der Waals surface area contributed by atoms with Gasteiger partial charge in [0.1, 0.15) is 0 Å². The Kier molecular flexibility index (Phi) is 4.04. The second kappa shape index (κ2) is 6.13. The van der Waals surface area contributed by atoms with Crippen LogP contribution < -0.4 is 5.73 Å². The molecule has 0 saturated carbocycles. The van der Waals surface area contributed by atoms with E-state index in [1.165, 1.54) is 11.1 Å². The van der Waals surface area contributed by atoms with Gasteiger partial charge in [0.2, 0.25) is 5.95 Å². The second-order valence-electron chi connectivity index (χ2n) is 5.83. The third kappa shape index (κ3) is 2.93. The highest BCUT2D eigenvalue weighted by atomic mass is 16.2. The number of carbonyl (C=O) groups excluding carboxylic acids is 1. The average Bonchev–Trinajstić information content (AvgIpc) is 2.84. The molecule has 22 heavy (non-hydrogen) atoms. The van der Waals surface area contributed by atoms with Gasteiger partial charge in [0.15, 0.2) is 0 Å². The number of rotatable bonds is 2. The van der Waals surface area contributed by atoms with Gasteiger partial charge in [-0.2, -0.15) is 4.68 Å². The molecule has 0 spiro atoms. The molecular formula is C15H20N6O. The number of likely N-dealkylation sites (tertiary alicyclic amines) is 1. The SMILES string of the molecule is CC1CCCN(C(=O)c2cccc(-n3nnnc3N)c2)CC1. The minimum Gasteiger partial charge on any atom is -0.366 e. The molecule has 2 heterocycles. The lowest BCUT2D eigenvalue weighted by Gasteiger charge is -2.20. The van der Waals surface area contributed by atoms with Crippen LogP contribution in [0, 0.1) is 5.92 Å². The third-order valence-corrected chi connectivity index (χ3v) is 4.14. The summed E-state index contributed by atoms with van der Waals surface area (Å²) < 4.78 is 1.42. The third-order valence-electron chi connectivity index (χ3n) is 4.14. The summed E-state index contributed by atoms with van der Waals surface area (Å²) in [6, 6.07) is 7.25. The highest BCUT2D eigenvalue weighted by molar-refractivity contribution is 5.94. The van der Waals surface area contributed by atoms with Crippen molar-refractivity contribution < 1.29 is 4.79 Å². The molecule has 7 nitrogen and oxygen atoms in total. The van der Waals surface area contributed by atoms with Crippen LogP contribution in [0.4, 0.5) is 5.95 Å². The number of hydrogen-bond donors (Lipinski definition) is 1. The van der Waals surface area contributed by atoms with Gasteiger partial charge in [0, 0.05) is 18.7 Å². The zero-order valence-corrected chi connectivity index (χ0v) is 12.6. The van der Waals surface area contributed by atoms with Crippen LogP contribution in [-0.4, -0.2) is 44.1 Å². The Balaban J connectivity index is 1.82. The van der Waals surface area contributed by atoms with E-state index >= 15 is 0 Å². The number of benzene rings is 1. The van der Waals surface area contributed by atoms with Crippen LogP contribution >= 0.6 is 0 Å². The summed E-state index contributed by atoms with van der Waals surface area (Å²) in [6.07, 6.45) is 3.31. The second-order valence-corrected chi connectivity index (χ2v) is 5.83. The van der Waals surface area contributed by atoms with Crippen LogP contribution in [0.25, 0.3) is 5.69 Å². The number of nitrogens with two attached hydrogens (primary N) is 1. The minimum atomic E-state index is 0.0580. The molecule has 0 aliphatic carbocycles. The Labute approximate surface area is 129 Å². The number of anilines is 1. The molecular weight excluding hydrogens is 280 g/mol.